The Hall–Kier alpha value is -1.32. The molecule has 1 atom stereocenters. The van der Waals surface area contributed by atoms with Crippen molar-refractivity contribution in [3.8, 4) is 0 Å². The van der Waals surface area contributed by atoms with Crippen molar-refractivity contribution in [2.24, 2.45) is 0 Å². The molecule has 0 aromatic rings. The van der Waals surface area contributed by atoms with Gasteiger partial charge < -0.3 is 9.80 Å². The van der Waals surface area contributed by atoms with Gasteiger partial charge in [0.1, 0.15) is 6.04 Å². The minimum absolute atomic E-state index is 0.136. The molecule has 4 nitrogen and oxygen atoms in total. The minimum Gasteiger partial charge on any atom is -0.340 e. The van der Waals surface area contributed by atoms with E-state index < -0.39 is 0 Å². The summed E-state index contributed by atoms with van der Waals surface area (Å²) < 4.78 is 0. The summed E-state index contributed by atoms with van der Waals surface area (Å²) in [6.45, 7) is 5.69. The summed E-state index contributed by atoms with van der Waals surface area (Å²) in [6.07, 6.45) is 6.00. The Balaban J connectivity index is 2.11. The smallest absolute Gasteiger partial charge is 0.245 e. The molecule has 0 aromatic heterocycles. The van der Waals surface area contributed by atoms with Crippen molar-refractivity contribution in [2.75, 3.05) is 19.6 Å². The lowest BCUT2D eigenvalue weighted by Gasteiger charge is -2.34. The van der Waals surface area contributed by atoms with Gasteiger partial charge in [-0.2, -0.15) is 0 Å². The van der Waals surface area contributed by atoms with Gasteiger partial charge in [-0.25, -0.2) is 0 Å². The van der Waals surface area contributed by atoms with Crippen molar-refractivity contribution in [1.82, 2.24) is 9.80 Å². The summed E-state index contributed by atoms with van der Waals surface area (Å²) in [5.74, 6) is 0.279. The SMILES string of the molecule is C=CCCN1CCC(=O)N2CCCCC2C1=O. The van der Waals surface area contributed by atoms with Gasteiger partial charge in [-0.15, -0.1) is 6.58 Å². The van der Waals surface area contributed by atoms with Crippen LogP contribution in [0, 0.1) is 0 Å². The van der Waals surface area contributed by atoms with Gasteiger partial charge in [0, 0.05) is 26.1 Å². The molecule has 2 heterocycles. The predicted octanol–water partition coefficient (Wildman–Crippen LogP) is 1.18. The molecule has 4 heteroatoms. The monoisotopic (exact) mass is 236 g/mol. The average molecular weight is 236 g/mol. The topological polar surface area (TPSA) is 40.6 Å². The minimum atomic E-state index is -0.191. The molecule has 2 amide bonds. The van der Waals surface area contributed by atoms with Crippen LogP contribution in [-0.2, 0) is 9.59 Å². The average Bonchev–Trinajstić information content (AvgIpc) is 2.48. The van der Waals surface area contributed by atoms with Crippen LogP contribution in [0.1, 0.15) is 32.1 Å². The maximum absolute atomic E-state index is 12.3. The normalized spacial score (nSPS) is 25.5. The lowest BCUT2D eigenvalue weighted by Crippen LogP contribution is -2.49. The molecule has 2 fully saturated rings. The van der Waals surface area contributed by atoms with Gasteiger partial charge in [-0.3, -0.25) is 9.59 Å². The standard InChI is InChI=1S/C13H20N2O2/c1-2-3-8-14-10-7-12(16)15-9-5-4-6-11(15)13(14)17/h2,11H,1,3-10H2. The number of carbonyl (C=O) groups is 2. The number of fused-ring (bicyclic) bond motifs is 1. The quantitative estimate of drug-likeness (QED) is 0.690. The lowest BCUT2D eigenvalue weighted by atomic mass is 10.0. The second-order valence-corrected chi connectivity index (χ2v) is 4.75. The summed E-state index contributed by atoms with van der Waals surface area (Å²) in [6, 6.07) is -0.191. The molecule has 2 rings (SSSR count). The summed E-state index contributed by atoms with van der Waals surface area (Å²) in [5.41, 5.74) is 0. The predicted molar refractivity (Wildman–Crippen MR) is 65.4 cm³/mol. The molecule has 0 bridgehead atoms. The number of carbonyl (C=O) groups excluding carboxylic acids is 2. The summed E-state index contributed by atoms with van der Waals surface area (Å²) in [4.78, 5) is 27.9. The van der Waals surface area contributed by atoms with Crippen LogP contribution in [0.4, 0.5) is 0 Å². The molecule has 1 unspecified atom stereocenters. The van der Waals surface area contributed by atoms with E-state index >= 15 is 0 Å². The fourth-order valence-electron chi connectivity index (χ4n) is 2.65. The Labute approximate surface area is 102 Å². The first-order valence-corrected chi connectivity index (χ1v) is 6.43. The molecule has 17 heavy (non-hydrogen) atoms. The van der Waals surface area contributed by atoms with Crippen molar-refractivity contribution in [1.29, 1.82) is 0 Å². The lowest BCUT2D eigenvalue weighted by molar-refractivity contribution is -0.143. The first kappa shape index (κ1) is 12.1. The van der Waals surface area contributed by atoms with E-state index in [0.29, 0.717) is 19.5 Å². The van der Waals surface area contributed by atoms with Gasteiger partial charge in [0.05, 0.1) is 0 Å². The number of nitrogens with zero attached hydrogens (tertiary/aromatic N) is 2. The highest BCUT2D eigenvalue weighted by atomic mass is 16.2. The number of hydrogen-bond acceptors (Lipinski definition) is 2. The number of rotatable bonds is 3. The van der Waals surface area contributed by atoms with Crippen LogP contribution in [0.3, 0.4) is 0 Å². The molecular formula is C13H20N2O2. The summed E-state index contributed by atoms with van der Waals surface area (Å²) in [5, 5.41) is 0. The van der Waals surface area contributed by atoms with E-state index in [2.05, 4.69) is 6.58 Å². The van der Waals surface area contributed by atoms with Crippen LogP contribution >= 0.6 is 0 Å². The zero-order valence-electron chi connectivity index (χ0n) is 10.2. The van der Waals surface area contributed by atoms with E-state index in [1.165, 1.54) is 0 Å². The van der Waals surface area contributed by atoms with E-state index in [0.717, 1.165) is 32.2 Å². The Morgan fingerprint density at radius 1 is 1.29 bits per heavy atom. The number of hydrogen-bond donors (Lipinski definition) is 0. The zero-order chi connectivity index (χ0) is 12.3. The molecule has 0 radical (unpaired) electrons. The van der Waals surface area contributed by atoms with Crippen molar-refractivity contribution in [3.63, 3.8) is 0 Å². The molecular weight excluding hydrogens is 216 g/mol. The molecule has 0 aliphatic carbocycles. The van der Waals surface area contributed by atoms with Crippen LogP contribution in [0.5, 0.6) is 0 Å². The van der Waals surface area contributed by atoms with Gasteiger partial charge in [-0.05, 0) is 25.7 Å². The van der Waals surface area contributed by atoms with Gasteiger partial charge in [0.15, 0.2) is 0 Å². The second kappa shape index (κ2) is 5.34. The summed E-state index contributed by atoms with van der Waals surface area (Å²) >= 11 is 0. The molecule has 2 saturated heterocycles. The van der Waals surface area contributed by atoms with E-state index in [1.807, 2.05) is 11.0 Å². The third kappa shape index (κ3) is 2.51. The Bertz CT molecular complexity index is 327. The van der Waals surface area contributed by atoms with Crippen LogP contribution in [0.15, 0.2) is 12.7 Å². The Morgan fingerprint density at radius 3 is 2.88 bits per heavy atom. The molecule has 94 valence electrons. The molecule has 0 aromatic carbocycles. The third-order valence-corrected chi connectivity index (χ3v) is 3.62. The van der Waals surface area contributed by atoms with Crippen molar-refractivity contribution in [3.05, 3.63) is 12.7 Å². The highest BCUT2D eigenvalue weighted by molar-refractivity contribution is 5.90. The maximum atomic E-state index is 12.3. The van der Waals surface area contributed by atoms with Crippen LogP contribution in [0.2, 0.25) is 0 Å². The fourth-order valence-corrected chi connectivity index (χ4v) is 2.65. The molecule has 0 N–H and O–H groups in total. The van der Waals surface area contributed by atoms with Crippen molar-refractivity contribution >= 4 is 11.8 Å². The Morgan fingerprint density at radius 2 is 2.12 bits per heavy atom. The summed E-state index contributed by atoms with van der Waals surface area (Å²) in [7, 11) is 0. The van der Waals surface area contributed by atoms with E-state index in [9.17, 15) is 9.59 Å². The van der Waals surface area contributed by atoms with E-state index in [-0.39, 0.29) is 17.9 Å². The molecule has 2 aliphatic heterocycles. The second-order valence-electron chi connectivity index (χ2n) is 4.75. The van der Waals surface area contributed by atoms with E-state index in [4.69, 9.17) is 0 Å². The van der Waals surface area contributed by atoms with Crippen molar-refractivity contribution in [2.45, 2.75) is 38.1 Å². The largest absolute Gasteiger partial charge is 0.340 e. The maximum Gasteiger partial charge on any atom is 0.245 e. The highest BCUT2D eigenvalue weighted by Crippen LogP contribution is 2.22. The first-order chi connectivity index (χ1) is 8.24. The van der Waals surface area contributed by atoms with Crippen LogP contribution in [-0.4, -0.2) is 47.3 Å². The van der Waals surface area contributed by atoms with Crippen molar-refractivity contribution < 1.29 is 9.59 Å². The highest BCUT2D eigenvalue weighted by Gasteiger charge is 2.37. The van der Waals surface area contributed by atoms with Gasteiger partial charge in [0.25, 0.3) is 0 Å². The first-order valence-electron chi connectivity index (χ1n) is 6.43. The molecule has 2 aliphatic rings. The van der Waals surface area contributed by atoms with E-state index in [1.54, 1.807) is 4.90 Å². The van der Waals surface area contributed by atoms with Gasteiger partial charge in [-0.1, -0.05) is 6.08 Å². The number of piperidine rings is 1. The van der Waals surface area contributed by atoms with Crippen LogP contribution in [0.25, 0.3) is 0 Å². The molecule has 0 spiro atoms. The van der Waals surface area contributed by atoms with Crippen LogP contribution < -0.4 is 0 Å². The molecule has 0 saturated carbocycles. The number of amides is 2. The third-order valence-electron chi connectivity index (χ3n) is 3.62. The van der Waals surface area contributed by atoms with Gasteiger partial charge in [0.2, 0.25) is 11.8 Å². The zero-order valence-corrected chi connectivity index (χ0v) is 10.2. The fraction of sp³-hybridized carbons (Fsp3) is 0.692. The van der Waals surface area contributed by atoms with Gasteiger partial charge >= 0.3 is 0 Å². The Kier molecular flexibility index (Phi) is 3.82.